The zero-order valence-electron chi connectivity index (χ0n) is 27.3. The zero-order chi connectivity index (χ0) is 33.5. The molecule has 0 spiro atoms. The number of imide groups is 1. The lowest BCUT2D eigenvalue weighted by atomic mass is 9.83. The third-order valence-electron chi connectivity index (χ3n) is 9.19. The van der Waals surface area contributed by atoms with Crippen LogP contribution in [-0.4, -0.2) is 23.6 Å². The molecule has 4 aromatic rings. The number of amides is 3. The standard InChI is InChI=1S/C38H37Br2N3O3/c1-17(2)21-11-9-12-22(18(3)4)33(21)42-35(41)25-15-27(39)32-30-26(16-28(40)31(29(25)30)37(42)45)36(44)43(38(32)46)34-23(19(5)6)13-10-14-24(34)20(7)8/h9-20,41H,1-8H3. The summed E-state index contributed by atoms with van der Waals surface area (Å²) < 4.78 is 0.921. The molecule has 6 rings (SSSR count). The fourth-order valence-electron chi connectivity index (χ4n) is 6.96. The van der Waals surface area contributed by atoms with Crippen LogP contribution in [0.25, 0.3) is 10.8 Å². The molecule has 0 aliphatic carbocycles. The predicted octanol–water partition coefficient (Wildman–Crippen LogP) is 10.6. The van der Waals surface area contributed by atoms with Crippen LogP contribution in [-0.2, 0) is 0 Å². The lowest BCUT2D eigenvalue weighted by molar-refractivity contribution is 0.0890. The van der Waals surface area contributed by atoms with E-state index >= 15 is 0 Å². The number of amidine groups is 1. The number of nitrogens with zero attached hydrogens (tertiary/aromatic N) is 2. The number of anilines is 2. The summed E-state index contributed by atoms with van der Waals surface area (Å²) in [6.07, 6.45) is 0. The molecular weight excluding hydrogens is 706 g/mol. The maximum absolute atomic E-state index is 14.6. The second-order valence-corrected chi connectivity index (χ2v) is 15.1. The average Bonchev–Trinajstić information content (AvgIpc) is 2.99. The molecule has 0 bridgehead atoms. The molecule has 0 saturated heterocycles. The van der Waals surface area contributed by atoms with Gasteiger partial charge in [-0.2, -0.15) is 0 Å². The van der Waals surface area contributed by atoms with Crippen LogP contribution < -0.4 is 9.80 Å². The summed E-state index contributed by atoms with van der Waals surface area (Å²) in [6, 6.07) is 15.4. The van der Waals surface area contributed by atoms with E-state index in [-0.39, 0.29) is 35.4 Å². The first kappa shape index (κ1) is 32.3. The molecule has 8 heteroatoms. The average molecular weight is 744 g/mol. The lowest BCUT2D eigenvalue weighted by Crippen LogP contribution is -2.45. The van der Waals surface area contributed by atoms with Crippen LogP contribution in [0.15, 0.2) is 57.5 Å². The lowest BCUT2D eigenvalue weighted by Gasteiger charge is -2.37. The number of rotatable bonds is 6. The van der Waals surface area contributed by atoms with Crippen LogP contribution in [0.1, 0.15) is 138 Å². The van der Waals surface area contributed by atoms with E-state index in [1.165, 1.54) is 9.80 Å². The first-order valence-electron chi connectivity index (χ1n) is 15.7. The van der Waals surface area contributed by atoms with Gasteiger partial charge >= 0.3 is 0 Å². The monoisotopic (exact) mass is 741 g/mol. The van der Waals surface area contributed by atoms with Crippen molar-refractivity contribution in [3.05, 3.63) is 102 Å². The van der Waals surface area contributed by atoms with Crippen molar-refractivity contribution < 1.29 is 14.4 Å². The molecule has 6 nitrogen and oxygen atoms in total. The number of nitrogens with one attached hydrogen (secondary N) is 1. The van der Waals surface area contributed by atoms with Crippen molar-refractivity contribution in [2.24, 2.45) is 0 Å². The highest BCUT2D eigenvalue weighted by Gasteiger charge is 2.44. The molecular formula is C38H37Br2N3O3. The highest BCUT2D eigenvalue weighted by Crippen LogP contribution is 2.48. The molecule has 2 aliphatic rings. The number of hydrogen-bond donors (Lipinski definition) is 1. The summed E-state index contributed by atoms with van der Waals surface area (Å²) >= 11 is 7.35. The third-order valence-corrected chi connectivity index (χ3v) is 10.4. The first-order chi connectivity index (χ1) is 21.7. The van der Waals surface area contributed by atoms with Gasteiger partial charge in [0.25, 0.3) is 17.7 Å². The van der Waals surface area contributed by atoms with E-state index in [0.717, 1.165) is 27.9 Å². The minimum Gasteiger partial charge on any atom is -0.283 e. The van der Waals surface area contributed by atoms with Crippen molar-refractivity contribution in [1.82, 2.24) is 0 Å². The summed E-state index contributed by atoms with van der Waals surface area (Å²) in [6.45, 7) is 16.5. The van der Waals surface area contributed by atoms with E-state index in [9.17, 15) is 19.8 Å². The number of halogens is 2. The molecule has 46 heavy (non-hydrogen) atoms. The maximum Gasteiger partial charge on any atom is 0.267 e. The topological polar surface area (TPSA) is 81.5 Å². The molecule has 0 radical (unpaired) electrons. The van der Waals surface area contributed by atoms with Crippen LogP contribution >= 0.6 is 31.9 Å². The summed E-state index contributed by atoms with van der Waals surface area (Å²) in [4.78, 5) is 46.6. The van der Waals surface area contributed by atoms with Gasteiger partial charge in [-0.1, -0.05) is 91.8 Å². The fourth-order valence-corrected chi connectivity index (χ4v) is 8.15. The Balaban J connectivity index is 1.65. The molecule has 3 amide bonds. The van der Waals surface area contributed by atoms with Crippen molar-refractivity contribution in [2.45, 2.75) is 79.1 Å². The number of carbonyl (C=O) groups is 3. The number of hydrogen-bond acceptors (Lipinski definition) is 4. The van der Waals surface area contributed by atoms with E-state index in [4.69, 9.17) is 0 Å². The fraction of sp³-hybridized carbons (Fsp3) is 0.316. The summed E-state index contributed by atoms with van der Waals surface area (Å²) in [7, 11) is 0. The second kappa shape index (κ2) is 11.6. The van der Waals surface area contributed by atoms with Crippen LogP contribution in [0.5, 0.6) is 0 Å². The van der Waals surface area contributed by atoms with Gasteiger partial charge in [-0.05, 0) is 89.9 Å². The van der Waals surface area contributed by atoms with E-state index < -0.39 is 11.8 Å². The number of carbonyl (C=O) groups excluding carboxylic acids is 3. The normalized spacial score (nSPS) is 14.7. The quantitative estimate of drug-likeness (QED) is 0.200. The molecule has 0 saturated carbocycles. The molecule has 2 heterocycles. The Kier molecular flexibility index (Phi) is 8.13. The van der Waals surface area contributed by atoms with Gasteiger partial charge in [0.15, 0.2) is 0 Å². The van der Waals surface area contributed by atoms with E-state index in [0.29, 0.717) is 47.7 Å². The van der Waals surface area contributed by atoms with Gasteiger partial charge in [-0.15, -0.1) is 0 Å². The molecule has 1 N–H and O–H groups in total. The zero-order valence-corrected chi connectivity index (χ0v) is 30.5. The number of benzene rings is 4. The van der Waals surface area contributed by atoms with E-state index in [1.54, 1.807) is 12.1 Å². The molecule has 0 fully saturated rings. The van der Waals surface area contributed by atoms with Gasteiger partial charge in [0.2, 0.25) is 0 Å². The van der Waals surface area contributed by atoms with Gasteiger partial charge in [0, 0.05) is 25.3 Å². The highest BCUT2D eigenvalue weighted by molar-refractivity contribution is 9.10. The number of para-hydroxylation sites is 2. The van der Waals surface area contributed by atoms with Crippen LogP contribution in [0.3, 0.4) is 0 Å². The third kappa shape index (κ3) is 4.62. The smallest absolute Gasteiger partial charge is 0.267 e. The maximum atomic E-state index is 14.6. The molecule has 4 aromatic carbocycles. The van der Waals surface area contributed by atoms with Crippen molar-refractivity contribution in [3.63, 3.8) is 0 Å². The Hall–Kier alpha value is -3.62. The summed E-state index contributed by atoms with van der Waals surface area (Å²) in [5, 5.41) is 10.4. The highest BCUT2D eigenvalue weighted by atomic mass is 79.9. The summed E-state index contributed by atoms with van der Waals surface area (Å²) in [5.74, 6) is -0.916. The Morgan fingerprint density at radius 1 is 0.543 bits per heavy atom. The molecule has 2 aliphatic heterocycles. The Labute approximate surface area is 286 Å². The van der Waals surface area contributed by atoms with E-state index in [2.05, 4.69) is 87.2 Å². The molecule has 0 aromatic heterocycles. The largest absolute Gasteiger partial charge is 0.283 e. The van der Waals surface area contributed by atoms with Crippen LogP contribution in [0.2, 0.25) is 0 Å². The Bertz CT molecular complexity index is 1830. The minimum atomic E-state index is -0.451. The molecule has 0 atom stereocenters. The molecule has 0 unspecified atom stereocenters. The van der Waals surface area contributed by atoms with Crippen LogP contribution in [0.4, 0.5) is 11.4 Å². The van der Waals surface area contributed by atoms with Crippen LogP contribution in [0, 0.1) is 5.41 Å². The van der Waals surface area contributed by atoms with Gasteiger partial charge in [0.05, 0.1) is 28.1 Å². The van der Waals surface area contributed by atoms with Gasteiger partial charge in [-0.25, -0.2) is 4.90 Å². The first-order valence-corrected chi connectivity index (χ1v) is 17.3. The second-order valence-electron chi connectivity index (χ2n) is 13.4. The van der Waals surface area contributed by atoms with Gasteiger partial charge < -0.3 is 0 Å². The van der Waals surface area contributed by atoms with Crippen molar-refractivity contribution in [1.29, 1.82) is 5.41 Å². The Morgan fingerprint density at radius 3 is 1.30 bits per heavy atom. The van der Waals surface area contributed by atoms with Gasteiger partial charge in [0.1, 0.15) is 5.84 Å². The van der Waals surface area contributed by atoms with Crippen molar-refractivity contribution in [3.8, 4) is 0 Å². The SMILES string of the molecule is CC(C)c1cccc(C(C)C)c1N1C(=N)c2cc(Br)c3c4c(cc(Br)c(c24)C1=O)C(=O)N(c1c(C(C)C)cccc1C(C)C)C3=O. The molecule has 236 valence electrons. The van der Waals surface area contributed by atoms with Gasteiger partial charge in [-0.3, -0.25) is 24.7 Å². The van der Waals surface area contributed by atoms with E-state index in [1.807, 2.05) is 36.4 Å². The summed E-state index contributed by atoms with van der Waals surface area (Å²) in [5.41, 5.74) is 6.55. The Morgan fingerprint density at radius 2 is 0.891 bits per heavy atom. The minimum absolute atomic E-state index is 0.0124. The van der Waals surface area contributed by atoms with Crippen molar-refractivity contribution >= 4 is 77.6 Å². The predicted molar refractivity (Wildman–Crippen MR) is 193 cm³/mol. The van der Waals surface area contributed by atoms with Crippen molar-refractivity contribution in [2.75, 3.05) is 9.80 Å².